The molecule has 2 heterocycles. The number of hydrogen-bond donors (Lipinski definition) is 1. The van der Waals surface area contributed by atoms with E-state index in [1.54, 1.807) is 12.1 Å². The van der Waals surface area contributed by atoms with Crippen molar-refractivity contribution in [2.24, 2.45) is 0 Å². The Balaban J connectivity index is 1.34. The Morgan fingerprint density at radius 2 is 1.47 bits per heavy atom. The van der Waals surface area contributed by atoms with Gasteiger partial charge in [0.2, 0.25) is 0 Å². The van der Waals surface area contributed by atoms with Crippen LogP contribution >= 0.6 is 0 Å². The average Bonchev–Trinajstić information content (AvgIpc) is 2.94. The number of rotatable bonds is 12. The van der Waals surface area contributed by atoms with Gasteiger partial charge in [0.15, 0.2) is 14.6 Å². The zero-order chi connectivity index (χ0) is 27.0. The zero-order valence-corrected chi connectivity index (χ0v) is 23.1. The molecule has 2 aromatic carbocycles. The van der Waals surface area contributed by atoms with Gasteiger partial charge in [-0.05, 0) is 74.1 Å². The van der Waals surface area contributed by atoms with E-state index in [0.29, 0.717) is 38.7 Å². The fourth-order valence-corrected chi connectivity index (χ4v) is 7.04. The summed E-state index contributed by atoms with van der Waals surface area (Å²) in [5, 5.41) is 10.1. The summed E-state index contributed by atoms with van der Waals surface area (Å²) in [7, 11) is -4.08. The van der Waals surface area contributed by atoms with Gasteiger partial charge in [0.05, 0.1) is 11.5 Å². The maximum atomic E-state index is 13.5. The molecule has 1 N–H and O–H groups in total. The predicted molar refractivity (Wildman–Crippen MR) is 146 cm³/mol. The van der Waals surface area contributed by atoms with Crippen molar-refractivity contribution >= 4 is 15.8 Å². The number of likely N-dealkylation sites (tertiary alicyclic amines) is 2. The molecule has 208 valence electrons. The third kappa shape index (κ3) is 6.68. The van der Waals surface area contributed by atoms with Crippen molar-refractivity contribution in [1.29, 1.82) is 0 Å². The Labute approximate surface area is 226 Å². The highest BCUT2D eigenvalue weighted by atomic mass is 32.2. The van der Waals surface area contributed by atoms with Gasteiger partial charge in [0, 0.05) is 32.7 Å². The topological polar surface area (TPSA) is 96.4 Å². The van der Waals surface area contributed by atoms with E-state index < -0.39 is 20.6 Å². The van der Waals surface area contributed by atoms with Crippen LogP contribution in [0.25, 0.3) is 0 Å². The van der Waals surface area contributed by atoms with E-state index in [-0.39, 0.29) is 17.7 Å². The number of hydrogen-bond acceptors (Lipinski definition) is 7. The van der Waals surface area contributed by atoms with E-state index in [2.05, 4.69) is 16.7 Å². The number of sulfone groups is 1. The number of nitrogens with zero attached hydrogens (tertiary/aromatic N) is 2. The summed E-state index contributed by atoms with van der Waals surface area (Å²) in [5.41, 5.74) is 1.08. The number of benzene rings is 2. The van der Waals surface area contributed by atoms with Gasteiger partial charge < -0.3 is 14.6 Å². The standard InChI is InChI=1S/C29H40N2O6S/c1-2-3-21-36-25-11-13-27(14-12-25)38(34,35)29(28(32)33)15-19-30(20-16-29)22-24-7-9-26(10-8-24)37-23-31-17-5-4-6-18-31/h7-14H,2-6,15-23H2,1H3,(H,32,33). The van der Waals surface area contributed by atoms with Crippen LogP contribution in [0.5, 0.6) is 11.5 Å². The average molecular weight is 545 g/mol. The van der Waals surface area contributed by atoms with Gasteiger partial charge in [-0.2, -0.15) is 0 Å². The minimum Gasteiger partial charge on any atom is -0.494 e. The van der Waals surface area contributed by atoms with Crippen LogP contribution in [0.15, 0.2) is 53.4 Å². The van der Waals surface area contributed by atoms with Gasteiger partial charge >= 0.3 is 5.97 Å². The smallest absolute Gasteiger partial charge is 0.325 e. The summed E-state index contributed by atoms with van der Waals surface area (Å²) in [6.07, 6.45) is 5.74. The van der Waals surface area contributed by atoms with Crippen LogP contribution in [-0.2, 0) is 21.2 Å². The third-order valence-electron chi connectivity index (χ3n) is 7.66. The molecule has 0 spiro atoms. The van der Waals surface area contributed by atoms with E-state index in [1.165, 1.54) is 31.4 Å². The fourth-order valence-electron chi connectivity index (χ4n) is 5.15. The van der Waals surface area contributed by atoms with Crippen molar-refractivity contribution in [2.75, 3.05) is 39.5 Å². The molecule has 0 atom stereocenters. The van der Waals surface area contributed by atoms with Gasteiger partial charge in [0.25, 0.3) is 0 Å². The molecule has 2 fully saturated rings. The number of aliphatic carboxylic acids is 1. The second-order valence-electron chi connectivity index (χ2n) is 10.3. The van der Waals surface area contributed by atoms with Crippen LogP contribution in [-0.4, -0.2) is 73.6 Å². The first-order valence-electron chi connectivity index (χ1n) is 13.7. The maximum absolute atomic E-state index is 13.5. The molecule has 2 saturated heterocycles. The van der Waals surface area contributed by atoms with E-state index in [0.717, 1.165) is 37.2 Å². The van der Waals surface area contributed by atoms with Crippen LogP contribution < -0.4 is 9.47 Å². The van der Waals surface area contributed by atoms with Crippen molar-refractivity contribution in [3.8, 4) is 11.5 Å². The van der Waals surface area contributed by atoms with Gasteiger partial charge in [-0.1, -0.05) is 31.9 Å². The van der Waals surface area contributed by atoms with Crippen molar-refractivity contribution in [3.63, 3.8) is 0 Å². The van der Waals surface area contributed by atoms with Crippen molar-refractivity contribution in [2.45, 2.75) is 68.1 Å². The Morgan fingerprint density at radius 1 is 0.868 bits per heavy atom. The highest BCUT2D eigenvalue weighted by Crippen LogP contribution is 2.37. The van der Waals surface area contributed by atoms with Crippen LogP contribution in [0.1, 0.15) is 57.4 Å². The largest absolute Gasteiger partial charge is 0.494 e. The minimum absolute atomic E-state index is 0.0244. The lowest BCUT2D eigenvalue weighted by Gasteiger charge is -2.38. The summed E-state index contributed by atoms with van der Waals surface area (Å²) < 4.78 is 36.8. The Morgan fingerprint density at radius 3 is 2.08 bits per heavy atom. The molecule has 8 nitrogen and oxygen atoms in total. The number of carboxylic acid groups (broad SMARTS) is 1. The first kappa shape index (κ1) is 28.4. The molecule has 0 radical (unpaired) electrons. The number of carboxylic acids is 1. The summed E-state index contributed by atoms with van der Waals surface area (Å²) in [5.74, 6) is 0.130. The van der Waals surface area contributed by atoms with Gasteiger partial charge in [-0.25, -0.2) is 8.42 Å². The molecule has 38 heavy (non-hydrogen) atoms. The van der Waals surface area contributed by atoms with E-state index in [1.807, 2.05) is 24.3 Å². The van der Waals surface area contributed by atoms with Crippen LogP contribution in [0, 0.1) is 0 Å². The Kier molecular flexibility index (Phi) is 9.68. The highest BCUT2D eigenvalue weighted by molar-refractivity contribution is 7.93. The quantitative estimate of drug-likeness (QED) is 0.388. The predicted octanol–water partition coefficient (Wildman–Crippen LogP) is 4.58. The van der Waals surface area contributed by atoms with Crippen LogP contribution in [0.4, 0.5) is 0 Å². The van der Waals surface area contributed by atoms with Crippen LogP contribution in [0.3, 0.4) is 0 Å². The third-order valence-corrected chi connectivity index (χ3v) is 10.2. The van der Waals surface area contributed by atoms with Gasteiger partial charge in [0.1, 0.15) is 18.2 Å². The second-order valence-corrected chi connectivity index (χ2v) is 12.6. The normalized spacial score (nSPS) is 18.7. The SMILES string of the molecule is CCCCOc1ccc(S(=O)(=O)C2(C(=O)O)CCN(Cc3ccc(OCN4CCCCC4)cc3)CC2)cc1. The van der Waals surface area contributed by atoms with E-state index in [4.69, 9.17) is 9.47 Å². The molecule has 2 aliphatic heterocycles. The molecule has 9 heteroatoms. The molecule has 0 amide bonds. The van der Waals surface area contributed by atoms with Gasteiger partial charge in [-0.15, -0.1) is 0 Å². The first-order chi connectivity index (χ1) is 18.3. The molecule has 0 bridgehead atoms. The summed E-state index contributed by atoms with van der Waals surface area (Å²) in [6.45, 7) is 6.80. The number of ether oxygens (including phenoxy) is 2. The monoisotopic (exact) mass is 544 g/mol. The van der Waals surface area contributed by atoms with Gasteiger partial charge in [-0.3, -0.25) is 14.6 Å². The summed E-state index contributed by atoms with van der Waals surface area (Å²) >= 11 is 0. The van der Waals surface area contributed by atoms with Crippen molar-refractivity contribution in [3.05, 3.63) is 54.1 Å². The molecule has 0 aliphatic carbocycles. The summed E-state index contributed by atoms with van der Waals surface area (Å²) in [6, 6.07) is 14.1. The molecular weight excluding hydrogens is 504 g/mol. The number of piperidine rings is 2. The van der Waals surface area contributed by atoms with Crippen LogP contribution in [0.2, 0.25) is 0 Å². The lowest BCUT2D eigenvalue weighted by molar-refractivity contribution is -0.141. The summed E-state index contributed by atoms with van der Waals surface area (Å²) in [4.78, 5) is 16.8. The Bertz CT molecular complexity index is 1140. The lowest BCUT2D eigenvalue weighted by Crippen LogP contribution is -2.54. The maximum Gasteiger partial charge on any atom is 0.325 e. The molecular formula is C29H40N2O6S. The number of unbranched alkanes of at least 4 members (excludes halogenated alkanes) is 1. The number of carbonyl (C=O) groups is 1. The lowest BCUT2D eigenvalue weighted by atomic mass is 9.95. The molecule has 0 saturated carbocycles. The van der Waals surface area contributed by atoms with Crippen molar-refractivity contribution in [1.82, 2.24) is 9.80 Å². The minimum atomic E-state index is -4.08. The highest BCUT2D eigenvalue weighted by Gasteiger charge is 2.53. The zero-order valence-electron chi connectivity index (χ0n) is 22.3. The molecule has 0 aromatic heterocycles. The fraction of sp³-hybridized carbons (Fsp3) is 0.552. The van der Waals surface area contributed by atoms with Crippen molar-refractivity contribution < 1.29 is 27.8 Å². The Hall–Kier alpha value is -2.62. The van der Waals surface area contributed by atoms with E-state index in [9.17, 15) is 18.3 Å². The van der Waals surface area contributed by atoms with E-state index >= 15 is 0 Å². The molecule has 2 aromatic rings. The molecule has 4 rings (SSSR count). The second kappa shape index (κ2) is 13.0. The first-order valence-corrected chi connectivity index (χ1v) is 15.2. The molecule has 0 unspecified atom stereocenters. The molecule has 2 aliphatic rings.